The van der Waals surface area contributed by atoms with Gasteiger partial charge in [-0.05, 0) is 25.0 Å². The van der Waals surface area contributed by atoms with E-state index in [0.29, 0.717) is 12.3 Å². The van der Waals surface area contributed by atoms with Crippen LogP contribution in [0, 0.1) is 12.8 Å². The van der Waals surface area contributed by atoms with Crippen molar-refractivity contribution in [1.29, 1.82) is 0 Å². The minimum Gasteiger partial charge on any atom is -0.327 e. The molecule has 21 heavy (non-hydrogen) atoms. The summed E-state index contributed by atoms with van der Waals surface area (Å²) in [6.07, 6.45) is 0.338. The predicted octanol–water partition coefficient (Wildman–Crippen LogP) is 3.43. The Morgan fingerprint density at radius 1 is 1.33 bits per heavy atom. The van der Waals surface area contributed by atoms with Crippen LogP contribution in [0.15, 0.2) is 29.6 Å². The Balaban J connectivity index is 1.98. The predicted molar refractivity (Wildman–Crippen MR) is 88.3 cm³/mol. The van der Waals surface area contributed by atoms with E-state index in [1.807, 2.05) is 50.4 Å². The van der Waals surface area contributed by atoms with Gasteiger partial charge in [0.1, 0.15) is 0 Å². The molecule has 0 aliphatic carbocycles. The van der Waals surface area contributed by atoms with Gasteiger partial charge >= 0.3 is 0 Å². The van der Waals surface area contributed by atoms with E-state index in [0.717, 1.165) is 22.0 Å². The smallest absolute Gasteiger partial charge is 0.225 e. The number of carbonyl (C=O) groups excluding carboxylic acids is 1. The van der Waals surface area contributed by atoms with Gasteiger partial charge in [0.2, 0.25) is 5.91 Å². The first-order chi connectivity index (χ1) is 9.95. The van der Waals surface area contributed by atoms with Gasteiger partial charge in [-0.3, -0.25) is 4.79 Å². The average molecular weight is 303 g/mol. The molecule has 1 unspecified atom stereocenters. The van der Waals surface area contributed by atoms with Crippen molar-refractivity contribution in [2.45, 2.75) is 33.2 Å². The standard InChI is InChI=1S/C16H21N3OS/c1-10(2)14(17)8-16(20)19-13-6-4-12(5-7-13)15-9-21-11(3)18-15/h4-7,9-10,14H,8,17H2,1-3H3,(H,19,20). The number of hydrogen-bond acceptors (Lipinski definition) is 4. The highest BCUT2D eigenvalue weighted by atomic mass is 32.1. The van der Waals surface area contributed by atoms with Gasteiger partial charge in [0.05, 0.1) is 10.7 Å². The molecule has 0 saturated carbocycles. The second-order valence-corrected chi connectivity index (χ2v) is 6.55. The molecule has 0 aliphatic rings. The molecule has 1 aromatic heterocycles. The Morgan fingerprint density at radius 2 is 2.00 bits per heavy atom. The Hall–Kier alpha value is -1.72. The summed E-state index contributed by atoms with van der Waals surface area (Å²) in [7, 11) is 0. The van der Waals surface area contributed by atoms with Crippen LogP contribution in [0.3, 0.4) is 0 Å². The van der Waals surface area contributed by atoms with Gasteiger partial charge in [0.15, 0.2) is 0 Å². The molecule has 0 saturated heterocycles. The van der Waals surface area contributed by atoms with E-state index in [1.165, 1.54) is 0 Å². The number of amides is 1. The molecule has 1 amide bonds. The highest BCUT2D eigenvalue weighted by molar-refractivity contribution is 7.09. The molecular formula is C16H21N3OS. The Labute approximate surface area is 129 Å². The first kappa shape index (κ1) is 15.7. The van der Waals surface area contributed by atoms with Gasteiger partial charge in [-0.2, -0.15) is 0 Å². The number of hydrogen-bond donors (Lipinski definition) is 2. The van der Waals surface area contributed by atoms with Crippen molar-refractivity contribution in [3.63, 3.8) is 0 Å². The van der Waals surface area contributed by atoms with Crippen molar-refractivity contribution in [2.75, 3.05) is 5.32 Å². The quantitative estimate of drug-likeness (QED) is 0.889. The van der Waals surface area contributed by atoms with Crippen LogP contribution in [0.1, 0.15) is 25.3 Å². The summed E-state index contributed by atoms with van der Waals surface area (Å²) in [5, 5.41) is 5.95. The fourth-order valence-electron chi connectivity index (χ4n) is 1.88. The van der Waals surface area contributed by atoms with Crippen LogP contribution < -0.4 is 11.1 Å². The number of benzene rings is 1. The normalized spacial score (nSPS) is 12.4. The number of anilines is 1. The van der Waals surface area contributed by atoms with Crippen molar-refractivity contribution < 1.29 is 4.79 Å². The van der Waals surface area contributed by atoms with Crippen LogP contribution in [0.4, 0.5) is 5.69 Å². The molecule has 112 valence electrons. The highest BCUT2D eigenvalue weighted by Crippen LogP contribution is 2.23. The third-order valence-corrected chi connectivity index (χ3v) is 4.13. The molecule has 1 atom stereocenters. The fourth-order valence-corrected chi connectivity index (χ4v) is 2.50. The number of nitrogens with two attached hydrogens (primary N) is 1. The van der Waals surface area contributed by atoms with Crippen molar-refractivity contribution in [3.8, 4) is 11.3 Å². The zero-order valence-corrected chi connectivity index (χ0v) is 13.4. The van der Waals surface area contributed by atoms with Gasteiger partial charge in [-0.15, -0.1) is 11.3 Å². The number of aryl methyl sites for hydroxylation is 1. The maximum absolute atomic E-state index is 11.9. The van der Waals surface area contributed by atoms with Crippen LogP contribution in [0.5, 0.6) is 0 Å². The van der Waals surface area contributed by atoms with E-state index in [4.69, 9.17) is 5.73 Å². The summed E-state index contributed by atoms with van der Waals surface area (Å²) in [6, 6.07) is 7.60. The van der Waals surface area contributed by atoms with Crippen molar-refractivity contribution in [1.82, 2.24) is 4.98 Å². The number of thiazole rings is 1. The Kier molecular flexibility index (Phi) is 5.09. The van der Waals surface area contributed by atoms with Crippen LogP contribution in [-0.2, 0) is 4.79 Å². The van der Waals surface area contributed by atoms with Crippen LogP contribution in [0.2, 0.25) is 0 Å². The molecule has 0 radical (unpaired) electrons. The van der Waals surface area contributed by atoms with Crippen molar-refractivity contribution in [3.05, 3.63) is 34.7 Å². The summed E-state index contributed by atoms with van der Waals surface area (Å²) in [5.41, 5.74) is 8.71. The zero-order valence-electron chi connectivity index (χ0n) is 12.6. The third kappa shape index (κ3) is 4.37. The minimum absolute atomic E-state index is 0.0477. The molecule has 2 rings (SSSR count). The van der Waals surface area contributed by atoms with Gasteiger partial charge < -0.3 is 11.1 Å². The zero-order chi connectivity index (χ0) is 15.4. The minimum atomic E-state index is -0.109. The molecule has 1 aromatic carbocycles. The molecule has 0 aliphatic heterocycles. The average Bonchev–Trinajstić information content (AvgIpc) is 2.86. The molecule has 0 fully saturated rings. The SMILES string of the molecule is Cc1nc(-c2ccc(NC(=O)CC(N)C(C)C)cc2)cs1. The maximum Gasteiger partial charge on any atom is 0.225 e. The maximum atomic E-state index is 11.9. The van der Waals surface area contributed by atoms with E-state index in [1.54, 1.807) is 11.3 Å². The van der Waals surface area contributed by atoms with Crippen LogP contribution in [0.25, 0.3) is 11.3 Å². The van der Waals surface area contributed by atoms with E-state index in [-0.39, 0.29) is 11.9 Å². The fraction of sp³-hybridized carbons (Fsp3) is 0.375. The lowest BCUT2D eigenvalue weighted by Gasteiger charge is -2.15. The molecule has 0 spiro atoms. The summed E-state index contributed by atoms with van der Waals surface area (Å²) in [5.74, 6) is 0.250. The monoisotopic (exact) mass is 303 g/mol. The van der Waals surface area contributed by atoms with E-state index >= 15 is 0 Å². The lowest BCUT2D eigenvalue weighted by atomic mass is 10.0. The summed E-state index contributed by atoms with van der Waals surface area (Å²) < 4.78 is 0. The van der Waals surface area contributed by atoms with E-state index in [9.17, 15) is 4.79 Å². The molecule has 4 nitrogen and oxygen atoms in total. The third-order valence-electron chi connectivity index (χ3n) is 3.36. The first-order valence-electron chi connectivity index (χ1n) is 7.03. The summed E-state index contributed by atoms with van der Waals surface area (Å²) >= 11 is 1.63. The number of carbonyl (C=O) groups is 1. The molecule has 3 N–H and O–H groups in total. The second kappa shape index (κ2) is 6.83. The Morgan fingerprint density at radius 3 is 2.52 bits per heavy atom. The van der Waals surface area contributed by atoms with E-state index < -0.39 is 0 Å². The number of nitrogens with zero attached hydrogens (tertiary/aromatic N) is 1. The van der Waals surface area contributed by atoms with Gasteiger partial charge in [-0.1, -0.05) is 26.0 Å². The molecule has 0 bridgehead atoms. The lowest BCUT2D eigenvalue weighted by Crippen LogP contribution is -2.31. The van der Waals surface area contributed by atoms with Crippen LogP contribution in [-0.4, -0.2) is 16.9 Å². The van der Waals surface area contributed by atoms with Gasteiger partial charge in [0, 0.05) is 29.1 Å². The largest absolute Gasteiger partial charge is 0.327 e. The molecule has 2 aromatic rings. The first-order valence-corrected chi connectivity index (χ1v) is 7.91. The van der Waals surface area contributed by atoms with Crippen LogP contribution >= 0.6 is 11.3 Å². The highest BCUT2D eigenvalue weighted by Gasteiger charge is 2.13. The molecular weight excluding hydrogens is 282 g/mol. The number of rotatable bonds is 5. The molecule has 5 heteroatoms. The van der Waals surface area contributed by atoms with Gasteiger partial charge in [0.25, 0.3) is 0 Å². The number of aromatic nitrogens is 1. The summed E-state index contributed by atoms with van der Waals surface area (Å²) in [6.45, 7) is 6.02. The summed E-state index contributed by atoms with van der Waals surface area (Å²) in [4.78, 5) is 16.3. The number of nitrogens with one attached hydrogen (secondary N) is 1. The van der Waals surface area contributed by atoms with Crippen molar-refractivity contribution >= 4 is 22.9 Å². The van der Waals surface area contributed by atoms with E-state index in [2.05, 4.69) is 10.3 Å². The lowest BCUT2D eigenvalue weighted by molar-refractivity contribution is -0.116. The second-order valence-electron chi connectivity index (χ2n) is 5.49. The Bertz CT molecular complexity index is 604. The van der Waals surface area contributed by atoms with Gasteiger partial charge in [-0.25, -0.2) is 4.98 Å². The van der Waals surface area contributed by atoms with Crippen molar-refractivity contribution in [2.24, 2.45) is 11.7 Å². The molecule has 1 heterocycles. The topological polar surface area (TPSA) is 68.0 Å².